The van der Waals surface area contributed by atoms with Gasteiger partial charge in [0.1, 0.15) is 6.61 Å². The van der Waals surface area contributed by atoms with Crippen molar-refractivity contribution in [2.24, 2.45) is 0 Å². The molecule has 0 saturated heterocycles. The second kappa shape index (κ2) is 9.94. The van der Waals surface area contributed by atoms with E-state index in [4.69, 9.17) is 4.42 Å². The molecule has 6 nitrogen and oxygen atoms in total. The molecule has 0 fully saturated rings. The number of amides is 2. The van der Waals surface area contributed by atoms with Gasteiger partial charge in [0.05, 0.1) is 12.9 Å². The van der Waals surface area contributed by atoms with Gasteiger partial charge in [0, 0.05) is 17.8 Å². The average Bonchev–Trinajstić information content (AvgIpc) is 3.28. The SMILES string of the molecule is O=C(NCc1ccc(NC(=O)c2ccco2)cc1)c1ccc(COCC(F)(F)F)cc1. The van der Waals surface area contributed by atoms with Gasteiger partial charge in [0.25, 0.3) is 11.8 Å². The largest absolute Gasteiger partial charge is 0.459 e. The molecule has 0 spiro atoms. The Kier molecular flexibility index (Phi) is 7.09. The molecule has 31 heavy (non-hydrogen) atoms. The summed E-state index contributed by atoms with van der Waals surface area (Å²) in [6, 6.07) is 16.2. The molecular weight excluding hydrogens is 413 g/mol. The van der Waals surface area contributed by atoms with Gasteiger partial charge in [-0.15, -0.1) is 0 Å². The number of benzene rings is 2. The van der Waals surface area contributed by atoms with E-state index in [0.717, 1.165) is 5.56 Å². The highest BCUT2D eigenvalue weighted by Gasteiger charge is 2.27. The van der Waals surface area contributed by atoms with Gasteiger partial charge in [-0.3, -0.25) is 9.59 Å². The zero-order valence-corrected chi connectivity index (χ0v) is 16.2. The lowest BCUT2D eigenvalue weighted by Crippen LogP contribution is -2.22. The molecule has 0 unspecified atom stereocenters. The summed E-state index contributed by atoms with van der Waals surface area (Å²) in [6.45, 7) is -1.24. The molecule has 1 aromatic heterocycles. The Bertz CT molecular complexity index is 999. The number of carbonyl (C=O) groups is 2. The summed E-state index contributed by atoms with van der Waals surface area (Å²) in [6.07, 6.45) is -2.96. The number of hydrogen-bond acceptors (Lipinski definition) is 4. The maximum Gasteiger partial charge on any atom is 0.411 e. The van der Waals surface area contributed by atoms with Crippen molar-refractivity contribution in [1.29, 1.82) is 0 Å². The standard InChI is InChI=1S/C22H19F3N2O4/c23-22(24,25)14-30-13-16-3-7-17(8-4-16)20(28)26-12-15-5-9-18(10-6-15)27-21(29)19-2-1-11-31-19/h1-11H,12-14H2,(H,26,28)(H,27,29). The first kappa shape index (κ1) is 22.1. The lowest BCUT2D eigenvalue weighted by Gasteiger charge is -2.09. The van der Waals surface area contributed by atoms with E-state index in [-0.39, 0.29) is 30.7 Å². The van der Waals surface area contributed by atoms with Crippen molar-refractivity contribution in [2.75, 3.05) is 11.9 Å². The molecule has 3 aromatic rings. The van der Waals surface area contributed by atoms with E-state index in [1.807, 2.05) is 0 Å². The smallest absolute Gasteiger partial charge is 0.411 e. The summed E-state index contributed by atoms with van der Waals surface area (Å²) in [7, 11) is 0. The van der Waals surface area contributed by atoms with Crippen LogP contribution < -0.4 is 10.6 Å². The fraction of sp³-hybridized carbons (Fsp3) is 0.182. The molecule has 2 amide bonds. The van der Waals surface area contributed by atoms with Crippen LogP contribution in [0, 0.1) is 0 Å². The van der Waals surface area contributed by atoms with Gasteiger partial charge in [-0.2, -0.15) is 13.2 Å². The van der Waals surface area contributed by atoms with E-state index in [9.17, 15) is 22.8 Å². The number of nitrogens with one attached hydrogen (secondary N) is 2. The summed E-state index contributed by atoms with van der Waals surface area (Å²) in [5.74, 6) is -0.481. The van der Waals surface area contributed by atoms with Crippen LogP contribution in [0.5, 0.6) is 0 Å². The number of halogens is 3. The third kappa shape index (κ3) is 7.00. The number of hydrogen-bond donors (Lipinski definition) is 2. The molecule has 162 valence electrons. The molecule has 1 heterocycles. The van der Waals surface area contributed by atoms with E-state index in [1.54, 1.807) is 48.5 Å². The van der Waals surface area contributed by atoms with Gasteiger partial charge in [0.2, 0.25) is 0 Å². The maximum absolute atomic E-state index is 12.3. The van der Waals surface area contributed by atoms with Crippen LogP contribution >= 0.6 is 0 Å². The average molecular weight is 432 g/mol. The van der Waals surface area contributed by atoms with Gasteiger partial charge in [0.15, 0.2) is 5.76 Å². The van der Waals surface area contributed by atoms with Crippen LogP contribution in [-0.4, -0.2) is 24.6 Å². The molecular formula is C22H19F3N2O4. The van der Waals surface area contributed by atoms with E-state index in [2.05, 4.69) is 15.4 Å². The number of anilines is 1. The van der Waals surface area contributed by atoms with Crippen LogP contribution in [0.3, 0.4) is 0 Å². The summed E-state index contributed by atoms with van der Waals surface area (Å²) < 4.78 is 45.9. The minimum absolute atomic E-state index is 0.190. The molecule has 0 saturated carbocycles. The first-order chi connectivity index (χ1) is 14.8. The van der Waals surface area contributed by atoms with Crippen molar-refractivity contribution in [3.63, 3.8) is 0 Å². The highest BCUT2D eigenvalue weighted by atomic mass is 19.4. The number of alkyl halides is 3. The van der Waals surface area contributed by atoms with Gasteiger partial charge < -0.3 is 19.8 Å². The number of rotatable bonds is 8. The number of furan rings is 1. The molecule has 0 aliphatic carbocycles. The van der Waals surface area contributed by atoms with E-state index in [0.29, 0.717) is 16.8 Å². The molecule has 9 heteroatoms. The van der Waals surface area contributed by atoms with E-state index < -0.39 is 12.8 Å². The highest BCUT2D eigenvalue weighted by Crippen LogP contribution is 2.16. The van der Waals surface area contributed by atoms with Gasteiger partial charge >= 0.3 is 6.18 Å². The van der Waals surface area contributed by atoms with Crippen molar-refractivity contribution < 1.29 is 31.9 Å². The van der Waals surface area contributed by atoms with E-state index in [1.165, 1.54) is 18.4 Å². The Balaban J connectivity index is 1.46. The normalized spacial score (nSPS) is 11.2. The monoisotopic (exact) mass is 432 g/mol. The molecule has 0 radical (unpaired) electrons. The zero-order chi connectivity index (χ0) is 22.3. The fourth-order valence-corrected chi connectivity index (χ4v) is 2.63. The van der Waals surface area contributed by atoms with Crippen molar-refractivity contribution in [3.8, 4) is 0 Å². The minimum atomic E-state index is -4.37. The molecule has 3 rings (SSSR count). The molecule has 0 atom stereocenters. The third-order valence-corrected chi connectivity index (χ3v) is 4.16. The zero-order valence-electron chi connectivity index (χ0n) is 16.2. The summed E-state index contributed by atoms with van der Waals surface area (Å²) in [4.78, 5) is 24.2. The molecule has 0 aliphatic rings. The maximum atomic E-state index is 12.3. The van der Waals surface area contributed by atoms with Crippen LogP contribution in [0.2, 0.25) is 0 Å². The van der Waals surface area contributed by atoms with Crippen molar-refractivity contribution in [3.05, 3.63) is 89.4 Å². The lowest BCUT2D eigenvalue weighted by atomic mass is 10.1. The van der Waals surface area contributed by atoms with Crippen LogP contribution in [0.15, 0.2) is 71.3 Å². The van der Waals surface area contributed by atoms with Gasteiger partial charge in [-0.1, -0.05) is 24.3 Å². The topological polar surface area (TPSA) is 80.6 Å². The predicted octanol–water partition coefficient (Wildman–Crippen LogP) is 4.54. The van der Waals surface area contributed by atoms with Crippen LogP contribution in [0.25, 0.3) is 0 Å². The van der Waals surface area contributed by atoms with Crippen molar-refractivity contribution >= 4 is 17.5 Å². The Labute approximate surface area is 176 Å². The molecule has 0 bridgehead atoms. The highest BCUT2D eigenvalue weighted by molar-refractivity contribution is 6.02. The lowest BCUT2D eigenvalue weighted by molar-refractivity contribution is -0.176. The minimum Gasteiger partial charge on any atom is -0.459 e. The number of ether oxygens (including phenoxy) is 1. The van der Waals surface area contributed by atoms with Crippen molar-refractivity contribution in [1.82, 2.24) is 5.32 Å². The van der Waals surface area contributed by atoms with Gasteiger partial charge in [-0.25, -0.2) is 0 Å². The van der Waals surface area contributed by atoms with Crippen LogP contribution in [-0.2, 0) is 17.9 Å². The second-order valence-corrected chi connectivity index (χ2v) is 6.62. The molecule has 2 aromatic carbocycles. The number of carbonyl (C=O) groups excluding carboxylic acids is 2. The Hall–Kier alpha value is -3.59. The Morgan fingerprint density at radius 3 is 2.19 bits per heavy atom. The van der Waals surface area contributed by atoms with Crippen molar-refractivity contribution in [2.45, 2.75) is 19.3 Å². The molecule has 0 aliphatic heterocycles. The summed E-state index contributed by atoms with van der Waals surface area (Å²) >= 11 is 0. The van der Waals surface area contributed by atoms with Crippen LogP contribution in [0.1, 0.15) is 32.0 Å². The summed E-state index contributed by atoms with van der Waals surface area (Å²) in [5, 5.41) is 5.46. The molecule has 2 N–H and O–H groups in total. The van der Waals surface area contributed by atoms with Gasteiger partial charge in [-0.05, 0) is 47.5 Å². The fourth-order valence-electron chi connectivity index (χ4n) is 2.63. The Morgan fingerprint density at radius 1 is 0.903 bits per heavy atom. The second-order valence-electron chi connectivity index (χ2n) is 6.62. The third-order valence-electron chi connectivity index (χ3n) is 4.16. The summed E-state index contributed by atoms with van der Waals surface area (Å²) in [5.41, 5.74) is 2.32. The van der Waals surface area contributed by atoms with E-state index >= 15 is 0 Å². The quantitative estimate of drug-likeness (QED) is 0.548. The Morgan fingerprint density at radius 2 is 1.58 bits per heavy atom. The first-order valence-electron chi connectivity index (χ1n) is 9.25. The van der Waals surface area contributed by atoms with Crippen LogP contribution in [0.4, 0.5) is 18.9 Å². The first-order valence-corrected chi connectivity index (χ1v) is 9.25. The predicted molar refractivity (Wildman–Crippen MR) is 106 cm³/mol.